The fourth-order valence-corrected chi connectivity index (χ4v) is 7.70. The van der Waals surface area contributed by atoms with E-state index in [0.29, 0.717) is 0 Å². The summed E-state index contributed by atoms with van der Waals surface area (Å²) in [6.07, 6.45) is 1.92. The van der Waals surface area contributed by atoms with Crippen molar-refractivity contribution in [2.24, 2.45) is 0 Å². The summed E-state index contributed by atoms with van der Waals surface area (Å²) in [6, 6.07) is 49.9. The van der Waals surface area contributed by atoms with Crippen LogP contribution in [0.2, 0.25) is 0 Å². The summed E-state index contributed by atoms with van der Waals surface area (Å²) in [7, 11) is 0. The summed E-state index contributed by atoms with van der Waals surface area (Å²) in [5.74, 6) is 0. The van der Waals surface area contributed by atoms with Crippen molar-refractivity contribution in [3.8, 4) is 33.5 Å². The maximum atomic E-state index is 5.22. The highest BCUT2D eigenvalue weighted by Gasteiger charge is 2.14. The molecule has 0 saturated carbocycles. The Morgan fingerprint density at radius 3 is 1.71 bits per heavy atom. The quantitative estimate of drug-likeness (QED) is 0.190. The van der Waals surface area contributed by atoms with Gasteiger partial charge >= 0.3 is 0 Å². The highest BCUT2D eigenvalue weighted by atomic mass is 32.1. The zero-order chi connectivity index (χ0) is 30.3. The van der Waals surface area contributed by atoms with E-state index in [1.165, 1.54) is 47.6 Å². The van der Waals surface area contributed by atoms with Crippen molar-refractivity contribution in [2.75, 3.05) is 0 Å². The first kappa shape index (κ1) is 27.2. The molecule has 9 rings (SSSR count). The molecule has 0 spiro atoms. The maximum Gasteiger partial charge on any atom is 0.0979 e. The average Bonchev–Trinajstić information content (AvgIpc) is 3.52. The Kier molecular flexibility index (Phi) is 6.81. The summed E-state index contributed by atoms with van der Waals surface area (Å²) in [5, 5.41) is 7.32. The summed E-state index contributed by atoms with van der Waals surface area (Å²) in [4.78, 5) is 10.2. The van der Waals surface area contributed by atoms with Gasteiger partial charge in [0.25, 0.3) is 0 Å². The summed E-state index contributed by atoms with van der Waals surface area (Å²) in [5.41, 5.74) is 8.66. The lowest BCUT2D eigenvalue weighted by molar-refractivity contribution is 1.31. The number of benzene rings is 7. The first-order valence-corrected chi connectivity index (χ1v) is 16.3. The molecule has 9 aromatic rings. The number of hydrogen-bond donors (Lipinski definition) is 0. The van der Waals surface area contributed by atoms with E-state index in [1.807, 2.05) is 31.4 Å². The van der Waals surface area contributed by atoms with Gasteiger partial charge in [0.15, 0.2) is 0 Å². The van der Waals surface area contributed by atoms with Crippen LogP contribution in [0.3, 0.4) is 0 Å². The smallest absolute Gasteiger partial charge is 0.0979 e. The predicted octanol–water partition coefficient (Wildman–Crippen LogP) is 12.3. The molecule has 0 atom stereocenters. The minimum atomic E-state index is 0.876. The molecule has 0 fully saturated rings. The molecule has 214 valence electrons. The van der Waals surface area contributed by atoms with Gasteiger partial charge in [-0.2, -0.15) is 0 Å². The van der Waals surface area contributed by atoms with Crippen LogP contribution in [0.1, 0.15) is 13.8 Å². The second kappa shape index (κ2) is 11.3. The average molecular weight is 595 g/mol. The van der Waals surface area contributed by atoms with Crippen molar-refractivity contribution in [2.45, 2.75) is 13.8 Å². The van der Waals surface area contributed by atoms with E-state index in [2.05, 4.69) is 140 Å². The first-order valence-electron chi connectivity index (χ1n) is 15.5. The second-order valence-corrected chi connectivity index (χ2v) is 12.0. The number of hydrogen-bond acceptors (Lipinski definition) is 3. The van der Waals surface area contributed by atoms with Crippen molar-refractivity contribution in [3.63, 3.8) is 0 Å². The SMILES string of the molecule is CC.c1cc(-c2cccc(-c3cccc4c3sc3ccccc34)c2)cc(-c2cnc3c4ccccc4c4ccccc4c3n2)c1. The van der Waals surface area contributed by atoms with Crippen molar-refractivity contribution in [3.05, 3.63) is 146 Å². The molecule has 0 aliphatic carbocycles. The number of nitrogens with zero attached hydrogens (tertiary/aromatic N) is 2. The minimum absolute atomic E-state index is 0.876. The molecule has 0 aliphatic rings. The van der Waals surface area contributed by atoms with Gasteiger partial charge in [-0.25, -0.2) is 4.98 Å². The van der Waals surface area contributed by atoms with Crippen LogP contribution in [0.5, 0.6) is 0 Å². The van der Waals surface area contributed by atoms with E-state index >= 15 is 0 Å². The molecule has 3 heteroatoms. The lowest BCUT2D eigenvalue weighted by Gasteiger charge is -2.11. The number of fused-ring (bicyclic) bond motifs is 9. The summed E-state index contributed by atoms with van der Waals surface area (Å²) >= 11 is 1.87. The van der Waals surface area contributed by atoms with Gasteiger partial charge in [0.05, 0.1) is 22.9 Å². The van der Waals surface area contributed by atoms with Gasteiger partial charge < -0.3 is 0 Å². The Bertz CT molecular complexity index is 2490. The van der Waals surface area contributed by atoms with Crippen LogP contribution in [0.25, 0.3) is 86.3 Å². The van der Waals surface area contributed by atoms with Crippen molar-refractivity contribution >= 4 is 64.1 Å². The third-order valence-electron chi connectivity index (χ3n) is 8.50. The third kappa shape index (κ3) is 4.56. The Labute approximate surface area is 266 Å². The monoisotopic (exact) mass is 594 g/mol. The van der Waals surface area contributed by atoms with E-state index in [9.17, 15) is 0 Å². The molecule has 7 aromatic carbocycles. The Hall–Kier alpha value is -5.38. The normalized spacial score (nSPS) is 11.3. The van der Waals surface area contributed by atoms with Crippen LogP contribution < -0.4 is 0 Å². The topological polar surface area (TPSA) is 25.8 Å². The van der Waals surface area contributed by atoms with E-state index in [0.717, 1.165) is 38.6 Å². The van der Waals surface area contributed by atoms with Crippen LogP contribution >= 0.6 is 11.3 Å². The van der Waals surface area contributed by atoms with Gasteiger partial charge in [-0.1, -0.05) is 135 Å². The van der Waals surface area contributed by atoms with Crippen molar-refractivity contribution in [1.82, 2.24) is 9.97 Å². The zero-order valence-corrected chi connectivity index (χ0v) is 26.0. The standard InChI is InChI=1S/C40H24N2S.C2H6/c1-3-17-33-30(14-1)31-15-2-4-18-34(31)39-38(33)41-24-36(42-39)28-13-8-11-26(23-28)25-10-7-12-27(22-25)29-19-9-20-35-32-16-5-6-21-37(32)43-40(29)35;1-2/h1-24H;1-2H3. The molecule has 0 radical (unpaired) electrons. The molecule has 45 heavy (non-hydrogen) atoms. The summed E-state index contributed by atoms with van der Waals surface area (Å²) < 4.78 is 2.66. The van der Waals surface area contributed by atoms with Crippen LogP contribution in [-0.2, 0) is 0 Å². The molecular weight excluding hydrogens is 565 g/mol. The highest BCUT2D eigenvalue weighted by Crippen LogP contribution is 2.41. The molecule has 0 unspecified atom stereocenters. The first-order chi connectivity index (χ1) is 22.3. The highest BCUT2D eigenvalue weighted by molar-refractivity contribution is 7.26. The molecule has 0 amide bonds. The van der Waals surface area contributed by atoms with Crippen molar-refractivity contribution in [1.29, 1.82) is 0 Å². The Morgan fingerprint density at radius 2 is 0.978 bits per heavy atom. The van der Waals surface area contributed by atoms with Gasteiger partial charge in [0.1, 0.15) is 0 Å². The fraction of sp³-hybridized carbons (Fsp3) is 0.0476. The van der Waals surface area contributed by atoms with Gasteiger partial charge in [0.2, 0.25) is 0 Å². The van der Waals surface area contributed by atoms with Crippen LogP contribution in [0.15, 0.2) is 146 Å². The van der Waals surface area contributed by atoms with Crippen LogP contribution in [-0.4, -0.2) is 9.97 Å². The fourth-order valence-electron chi connectivity index (χ4n) is 6.46. The van der Waals surface area contributed by atoms with E-state index in [4.69, 9.17) is 9.97 Å². The Morgan fingerprint density at radius 1 is 0.444 bits per heavy atom. The van der Waals surface area contributed by atoms with E-state index < -0.39 is 0 Å². The van der Waals surface area contributed by atoms with Gasteiger partial charge in [-0.3, -0.25) is 4.98 Å². The Balaban J connectivity index is 0.00000147. The molecule has 0 bridgehead atoms. The number of aromatic nitrogens is 2. The third-order valence-corrected chi connectivity index (χ3v) is 9.72. The maximum absolute atomic E-state index is 5.22. The number of thiophene rings is 1. The van der Waals surface area contributed by atoms with Crippen molar-refractivity contribution < 1.29 is 0 Å². The lowest BCUT2D eigenvalue weighted by Crippen LogP contribution is -1.92. The molecule has 0 aliphatic heterocycles. The molecule has 0 saturated heterocycles. The van der Waals surface area contributed by atoms with Crippen LogP contribution in [0, 0.1) is 0 Å². The van der Waals surface area contributed by atoms with Crippen LogP contribution in [0.4, 0.5) is 0 Å². The predicted molar refractivity (Wildman–Crippen MR) is 195 cm³/mol. The van der Waals surface area contributed by atoms with Gasteiger partial charge in [0, 0.05) is 36.5 Å². The van der Waals surface area contributed by atoms with Gasteiger partial charge in [-0.05, 0) is 51.2 Å². The summed E-state index contributed by atoms with van der Waals surface area (Å²) in [6.45, 7) is 4.00. The molecular formula is C42H30N2S. The zero-order valence-electron chi connectivity index (χ0n) is 25.2. The van der Waals surface area contributed by atoms with Gasteiger partial charge in [-0.15, -0.1) is 11.3 Å². The minimum Gasteiger partial charge on any atom is -0.252 e. The lowest BCUT2D eigenvalue weighted by atomic mass is 9.96. The second-order valence-electron chi connectivity index (χ2n) is 11.0. The molecule has 2 nitrogen and oxygen atoms in total. The molecule has 2 aromatic heterocycles. The van der Waals surface area contributed by atoms with E-state index in [-0.39, 0.29) is 0 Å². The molecule has 0 N–H and O–H groups in total. The number of rotatable bonds is 3. The largest absolute Gasteiger partial charge is 0.252 e. The van der Waals surface area contributed by atoms with E-state index in [1.54, 1.807) is 0 Å². The molecule has 2 heterocycles.